The second kappa shape index (κ2) is 6.83. The summed E-state index contributed by atoms with van der Waals surface area (Å²) in [6.45, 7) is 4.03. The van der Waals surface area contributed by atoms with Crippen molar-refractivity contribution in [1.82, 2.24) is 15.0 Å². The van der Waals surface area contributed by atoms with Crippen LogP contribution < -0.4 is 5.32 Å². The zero-order valence-electron chi connectivity index (χ0n) is 14.1. The number of sulfone groups is 1. The highest BCUT2D eigenvalue weighted by Gasteiger charge is 2.33. The summed E-state index contributed by atoms with van der Waals surface area (Å²) in [6.07, 6.45) is 0.485. The van der Waals surface area contributed by atoms with Gasteiger partial charge in [-0.1, -0.05) is 5.16 Å². The molecular weight excluding hydrogens is 344 g/mol. The van der Waals surface area contributed by atoms with E-state index in [4.69, 9.17) is 4.52 Å². The monoisotopic (exact) mass is 364 g/mol. The van der Waals surface area contributed by atoms with E-state index in [1.807, 2.05) is 6.92 Å². The third-order valence-corrected chi connectivity index (χ3v) is 5.91. The highest BCUT2D eigenvalue weighted by Crippen LogP contribution is 2.21. The van der Waals surface area contributed by atoms with E-state index >= 15 is 0 Å². The summed E-state index contributed by atoms with van der Waals surface area (Å²) in [6, 6.07) is 6.47. The van der Waals surface area contributed by atoms with E-state index in [2.05, 4.69) is 15.5 Å². The standard InChI is InChI=1S/C16H20N4O4S/c1-3-20(14-8-9-25(22,23)10-14)16(21)18-13-6-4-12(5-7-13)15-17-11(2)19-24-15/h4-7,14H,3,8-10H2,1-2H3,(H,18,21)/t14-/m1/s1. The lowest BCUT2D eigenvalue weighted by Crippen LogP contribution is -2.43. The zero-order chi connectivity index (χ0) is 18.0. The number of rotatable bonds is 4. The molecule has 2 aromatic rings. The number of carbonyl (C=O) groups excluding carboxylic acids is 1. The molecule has 0 spiro atoms. The van der Waals surface area contributed by atoms with E-state index in [1.54, 1.807) is 36.1 Å². The predicted octanol–water partition coefficient (Wildman–Crippen LogP) is 2.09. The van der Waals surface area contributed by atoms with Crippen LogP contribution >= 0.6 is 0 Å². The molecule has 1 saturated heterocycles. The van der Waals surface area contributed by atoms with Crippen molar-refractivity contribution < 1.29 is 17.7 Å². The Balaban J connectivity index is 1.67. The minimum atomic E-state index is -3.04. The molecule has 1 aromatic heterocycles. The van der Waals surface area contributed by atoms with Crippen molar-refractivity contribution in [2.75, 3.05) is 23.4 Å². The fourth-order valence-corrected chi connectivity index (χ4v) is 4.63. The van der Waals surface area contributed by atoms with Gasteiger partial charge in [-0.2, -0.15) is 4.98 Å². The molecule has 134 valence electrons. The van der Waals surface area contributed by atoms with Gasteiger partial charge in [0.1, 0.15) is 0 Å². The molecule has 3 rings (SSSR count). The van der Waals surface area contributed by atoms with Gasteiger partial charge >= 0.3 is 6.03 Å². The van der Waals surface area contributed by atoms with Crippen molar-refractivity contribution in [2.24, 2.45) is 0 Å². The molecule has 0 bridgehead atoms. The van der Waals surface area contributed by atoms with Gasteiger partial charge in [0, 0.05) is 23.8 Å². The van der Waals surface area contributed by atoms with Crippen LogP contribution in [0.3, 0.4) is 0 Å². The highest BCUT2D eigenvalue weighted by atomic mass is 32.2. The van der Waals surface area contributed by atoms with Gasteiger partial charge in [-0.15, -0.1) is 0 Å². The molecule has 0 unspecified atom stereocenters. The Labute approximate surface area is 146 Å². The number of hydrogen-bond acceptors (Lipinski definition) is 6. The van der Waals surface area contributed by atoms with Crippen LogP contribution in [0, 0.1) is 6.92 Å². The van der Waals surface area contributed by atoms with Crippen molar-refractivity contribution in [3.05, 3.63) is 30.1 Å². The Bertz CT molecular complexity index is 861. The number of aryl methyl sites for hydroxylation is 1. The summed E-state index contributed by atoms with van der Waals surface area (Å²) < 4.78 is 28.4. The zero-order valence-corrected chi connectivity index (χ0v) is 14.9. The normalized spacial score (nSPS) is 18.9. The maximum atomic E-state index is 12.5. The molecule has 8 nitrogen and oxygen atoms in total. The highest BCUT2D eigenvalue weighted by molar-refractivity contribution is 7.91. The van der Waals surface area contributed by atoms with Crippen molar-refractivity contribution in [2.45, 2.75) is 26.3 Å². The lowest BCUT2D eigenvalue weighted by Gasteiger charge is -2.27. The van der Waals surface area contributed by atoms with E-state index in [1.165, 1.54) is 0 Å². The molecule has 2 heterocycles. The fraction of sp³-hybridized carbons (Fsp3) is 0.438. The summed E-state index contributed by atoms with van der Waals surface area (Å²) in [5.41, 5.74) is 1.37. The Kier molecular flexibility index (Phi) is 4.76. The maximum absolute atomic E-state index is 12.5. The van der Waals surface area contributed by atoms with Crippen LogP contribution in [0.25, 0.3) is 11.5 Å². The van der Waals surface area contributed by atoms with Crippen LogP contribution in [0.2, 0.25) is 0 Å². The van der Waals surface area contributed by atoms with Crippen LogP contribution in [0.5, 0.6) is 0 Å². The quantitative estimate of drug-likeness (QED) is 0.890. The molecule has 1 aromatic carbocycles. The van der Waals surface area contributed by atoms with Crippen molar-refractivity contribution >= 4 is 21.6 Å². The van der Waals surface area contributed by atoms with E-state index < -0.39 is 9.84 Å². The molecule has 1 atom stereocenters. The molecule has 2 amide bonds. The number of carbonyl (C=O) groups is 1. The molecule has 0 radical (unpaired) electrons. The molecule has 1 aliphatic rings. The van der Waals surface area contributed by atoms with E-state index in [0.717, 1.165) is 5.56 Å². The maximum Gasteiger partial charge on any atom is 0.322 e. The van der Waals surface area contributed by atoms with Crippen LogP contribution in [0.15, 0.2) is 28.8 Å². The SMILES string of the molecule is CCN(C(=O)Nc1ccc(-c2nc(C)no2)cc1)[C@@H]1CCS(=O)(=O)C1. The van der Waals surface area contributed by atoms with Gasteiger partial charge in [0.15, 0.2) is 15.7 Å². The average Bonchev–Trinajstić information content (AvgIpc) is 3.14. The minimum absolute atomic E-state index is 0.0315. The van der Waals surface area contributed by atoms with Crippen LogP contribution in [0.1, 0.15) is 19.2 Å². The van der Waals surface area contributed by atoms with Gasteiger partial charge < -0.3 is 14.7 Å². The number of aromatic nitrogens is 2. The van der Waals surface area contributed by atoms with Crippen molar-refractivity contribution in [3.8, 4) is 11.5 Å². The Morgan fingerprint density at radius 1 is 1.36 bits per heavy atom. The number of benzene rings is 1. The molecule has 1 N–H and O–H groups in total. The number of anilines is 1. The number of amides is 2. The molecule has 1 aliphatic heterocycles. The first-order valence-corrected chi connectivity index (χ1v) is 9.89. The van der Waals surface area contributed by atoms with Crippen molar-refractivity contribution in [1.29, 1.82) is 0 Å². The Morgan fingerprint density at radius 2 is 2.08 bits per heavy atom. The topological polar surface area (TPSA) is 105 Å². The first-order chi connectivity index (χ1) is 11.9. The average molecular weight is 364 g/mol. The van der Waals surface area contributed by atoms with Crippen molar-refractivity contribution in [3.63, 3.8) is 0 Å². The molecule has 9 heteroatoms. The summed E-state index contributed by atoms with van der Waals surface area (Å²) in [5, 5.41) is 6.55. The third kappa shape index (κ3) is 3.98. The first-order valence-electron chi connectivity index (χ1n) is 8.07. The number of nitrogens with zero attached hydrogens (tertiary/aromatic N) is 3. The van der Waals surface area contributed by atoms with Gasteiger partial charge in [0.25, 0.3) is 5.89 Å². The van der Waals surface area contributed by atoms with Crippen LogP contribution in [-0.4, -0.2) is 53.6 Å². The van der Waals surface area contributed by atoms with Gasteiger partial charge in [-0.3, -0.25) is 0 Å². The first kappa shape index (κ1) is 17.4. The smallest absolute Gasteiger partial charge is 0.322 e. The van der Waals surface area contributed by atoms with Gasteiger partial charge in [0.05, 0.1) is 11.5 Å². The Hall–Kier alpha value is -2.42. The summed E-state index contributed by atoms with van der Waals surface area (Å²) in [7, 11) is -3.04. The van der Waals surface area contributed by atoms with E-state index in [9.17, 15) is 13.2 Å². The lowest BCUT2D eigenvalue weighted by atomic mass is 10.2. The third-order valence-electron chi connectivity index (χ3n) is 4.16. The second-order valence-electron chi connectivity index (χ2n) is 6.00. The fourth-order valence-electron chi connectivity index (χ4n) is 2.89. The number of urea groups is 1. The van der Waals surface area contributed by atoms with Gasteiger partial charge in [0.2, 0.25) is 0 Å². The van der Waals surface area contributed by atoms with Crippen LogP contribution in [-0.2, 0) is 9.84 Å². The summed E-state index contributed by atoms with van der Waals surface area (Å²) in [5.74, 6) is 1.14. The van der Waals surface area contributed by atoms with E-state index in [-0.39, 0.29) is 23.6 Å². The molecule has 0 aliphatic carbocycles. The number of hydrogen-bond donors (Lipinski definition) is 1. The summed E-state index contributed by atoms with van der Waals surface area (Å²) >= 11 is 0. The molecule has 1 fully saturated rings. The second-order valence-corrected chi connectivity index (χ2v) is 8.23. The number of nitrogens with one attached hydrogen (secondary N) is 1. The van der Waals surface area contributed by atoms with Crippen LogP contribution in [0.4, 0.5) is 10.5 Å². The minimum Gasteiger partial charge on any atom is -0.334 e. The van der Waals surface area contributed by atoms with Gasteiger partial charge in [-0.05, 0) is 44.5 Å². The molecule has 0 saturated carbocycles. The predicted molar refractivity (Wildman–Crippen MR) is 92.9 cm³/mol. The largest absolute Gasteiger partial charge is 0.334 e. The lowest BCUT2D eigenvalue weighted by molar-refractivity contribution is 0.197. The Morgan fingerprint density at radius 3 is 2.60 bits per heavy atom. The summed E-state index contributed by atoms with van der Waals surface area (Å²) in [4.78, 5) is 18.2. The molecule has 25 heavy (non-hydrogen) atoms. The van der Waals surface area contributed by atoms with Gasteiger partial charge in [-0.25, -0.2) is 13.2 Å². The molecular formula is C16H20N4O4S. The van der Waals surface area contributed by atoms with E-state index in [0.29, 0.717) is 30.4 Å².